The number of aryl methyl sites for hydroxylation is 1. The first-order valence-electron chi connectivity index (χ1n) is 8.36. The summed E-state index contributed by atoms with van der Waals surface area (Å²) in [6.45, 7) is 4.09. The van der Waals surface area contributed by atoms with Gasteiger partial charge in [0.1, 0.15) is 0 Å². The molecule has 2 N–H and O–H groups in total. The van der Waals surface area contributed by atoms with Gasteiger partial charge in [-0.1, -0.05) is 25.0 Å². The van der Waals surface area contributed by atoms with Crippen LogP contribution >= 0.6 is 0 Å². The molecule has 0 unspecified atom stereocenters. The Bertz CT molecular complexity index is 546. The highest BCUT2D eigenvalue weighted by atomic mass is 16.3. The summed E-state index contributed by atoms with van der Waals surface area (Å²) in [5.41, 5.74) is 1.53. The minimum atomic E-state index is -0.470. The van der Waals surface area contributed by atoms with Gasteiger partial charge >= 0.3 is 0 Å². The second-order valence-corrected chi connectivity index (χ2v) is 6.95. The van der Waals surface area contributed by atoms with Gasteiger partial charge in [-0.25, -0.2) is 0 Å². The quantitative estimate of drug-likeness (QED) is 0.902. The van der Waals surface area contributed by atoms with Crippen LogP contribution in [0.3, 0.4) is 0 Å². The maximum absolute atomic E-state index is 12.2. The van der Waals surface area contributed by atoms with Gasteiger partial charge < -0.3 is 10.4 Å². The van der Waals surface area contributed by atoms with E-state index in [0.29, 0.717) is 12.5 Å². The van der Waals surface area contributed by atoms with Crippen LogP contribution in [0, 0.1) is 12.8 Å². The summed E-state index contributed by atoms with van der Waals surface area (Å²) >= 11 is 0. The molecule has 1 aliphatic heterocycles. The molecule has 2 atom stereocenters. The third-order valence-corrected chi connectivity index (χ3v) is 5.18. The molecule has 3 rings (SSSR count). The van der Waals surface area contributed by atoms with Crippen LogP contribution in [-0.2, 0) is 4.79 Å². The van der Waals surface area contributed by atoms with E-state index in [9.17, 15) is 9.90 Å². The molecule has 22 heavy (non-hydrogen) atoms. The molecule has 4 heteroatoms. The number of piperidine rings is 1. The summed E-state index contributed by atoms with van der Waals surface area (Å²) in [6.07, 6.45) is 5.17. The molecule has 1 aromatic carbocycles. The van der Waals surface area contributed by atoms with Crippen LogP contribution in [-0.4, -0.2) is 41.1 Å². The molecule has 2 fully saturated rings. The Morgan fingerprint density at radius 2 is 2.27 bits per heavy atom. The van der Waals surface area contributed by atoms with Gasteiger partial charge in [0, 0.05) is 24.7 Å². The number of amides is 1. The van der Waals surface area contributed by atoms with Crippen molar-refractivity contribution in [1.29, 1.82) is 0 Å². The van der Waals surface area contributed by atoms with E-state index in [-0.39, 0.29) is 5.91 Å². The highest BCUT2D eigenvalue weighted by molar-refractivity contribution is 5.92. The first kappa shape index (κ1) is 15.5. The van der Waals surface area contributed by atoms with Gasteiger partial charge in [-0.2, -0.15) is 0 Å². The summed E-state index contributed by atoms with van der Waals surface area (Å²) in [6, 6.07) is 7.87. The Hall–Kier alpha value is -1.39. The number of nitrogens with zero attached hydrogens (tertiary/aromatic N) is 1. The second-order valence-electron chi connectivity index (χ2n) is 6.95. The van der Waals surface area contributed by atoms with Gasteiger partial charge in [-0.05, 0) is 43.9 Å². The number of benzene rings is 1. The van der Waals surface area contributed by atoms with Crippen molar-refractivity contribution in [2.45, 2.75) is 44.6 Å². The molecular weight excluding hydrogens is 276 g/mol. The Kier molecular flexibility index (Phi) is 4.50. The molecule has 120 valence electrons. The van der Waals surface area contributed by atoms with Crippen molar-refractivity contribution in [2.75, 3.05) is 25.0 Å². The summed E-state index contributed by atoms with van der Waals surface area (Å²) in [5, 5.41) is 13.6. The molecule has 1 saturated heterocycles. The predicted molar refractivity (Wildman–Crippen MR) is 87.8 cm³/mol. The lowest BCUT2D eigenvalue weighted by Gasteiger charge is -2.47. The number of nitrogens with one attached hydrogen (secondary N) is 1. The number of carbonyl (C=O) groups is 1. The molecule has 0 aromatic heterocycles. The maximum Gasteiger partial charge on any atom is 0.238 e. The summed E-state index contributed by atoms with van der Waals surface area (Å²) < 4.78 is 0. The van der Waals surface area contributed by atoms with Gasteiger partial charge in [-0.15, -0.1) is 0 Å². The number of aliphatic hydroxyl groups is 1. The zero-order valence-electron chi connectivity index (χ0n) is 13.3. The van der Waals surface area contributed by atoms with Crippen LogP contribution in [0.25, 0.3) is 0 Å². The lowest BCUT2D eigenvalue weighted by Crippen LogP contribution is -2.54. The minimum Gasteiger partial charge on any atom is -0.390 e. The SMILES string of the molecule is Cc1cccc(NC(=O)CN2CC[C@@]3(O)CCCC[C@H]3C2)c1. The predicted octanol–water partition coefficient (Wildman–Crippen LogP) is 2.56. The number of likely N-dealkylation sites (tertiary alicyclic amines) is 1. The van der Waals surface area contributed by atoms with Crippen LogP contribution in [0.5, 0.6) is 0 Å². The number of anilines is 1. The fraction of sp³-hybridized carbons (Fsp3) is 0.611. The van der Waals surface area contributed by atoms with Crippen LogP contribution in [0.2, 0.25) is 0 Å². The highest BCUT2D eigenvalue weighted by Crippen LogP contribution is 2.39. The number of hydrogen-bond acceptors (Lipinski definition) is 3. The molecule has 1 heterocycles. The summed E-state index contributed by atoms with van der Waals surface area (Å²) in [5.74, 6) is 0.369. The molecule has 1 aromatic rings. The van der Waals surface area contributed by atoms with E-state index >= 15 is 0 Å². The van der Waals surface area contributed by atoms with E-state index in [0.717, 1.165) is 50.0 Å². The van der Waals surface area contributed by atoms with Crippen LogP contribution < -0.4 is 5.32 Å². The van der Waals surface area contributed by atoms with Gasteiger partial charge in [0.25, 0.3) is 0 Å². The largest absolute Gasteiger partial charge is 0.390 e. The zero-order chi connectivity index (χ0) is 15.6. The van der Waals surface area contributed by atoms with Crippen molar-refractivity contribution < 1.29 is 9.90 Å². The maximum atomic E-state index is 12.2. The van der Waals surface area contributed by atoms with Crippen molar-refractivity contribution in [2.24, 2.45) is 5.92 Å². The molecule has 1 saturated carbocycles. The topological polar surface area (TPSA) is 52.6 Å². The van der Waals surface area contributed by atoms with Gasteiger partial charge in [0.15, 0.2) is 0 Å². The van der Waals surface area contributed by atoms with Crippen molar-refractivity contribution in [1.82, 2.24) is 4.90 Å². The van der Waals surface area contributed by atoms with Crippen molar-refractivity contribution in [3.8, 4) is 0 Å². The molecular formula is C18H26N2O2. The fourth-order valence-corrected chi connectivity index (χ4v) is 3.91. The molecule has 2 aliphatic rings. The Morgan fingerprint density at radius 3 is 3.09 bits per heavy atom. The average Bonchev–Trinajstić information content (AvgIpc) is 2.47. The van der Waals surface area contributed by atoms with Crippen LogP contribution in [0.15, 0.2) is 24.3 Å². The number of hydrogen-bond donors (Lipinski definition) is 2. The van der Waals surface area contributed by atoms with Crippen LogP contribution in [0.4, 0.5) is 5.69 Å². The Morgan fingerprint density at radius 1 is 1.41 bits per heavy atom. The first-order chi connectivity index (χ1) is 10.5. The van der Waals surface area contributed by atoms with E-state index in [2.05, 4.69) is 10.2 Å². The number of carbonyl (C=O) groups excluding carboxylic acids is 1. The van der Waals surface area contributed by atoms with E-state index < -0.39 is 5.60 Å². The Balaban J connectivity index is 1.54. The summed E-state index contributed by atoms with van der Waals surface area (Å²) in [7, 11) is 0. The molecule has 1 amide bonds. The number of fused-ring (bicyclic) bond motifs is 1. The van der Waals surface area contributed by atoms with Gasteiger partial charge in [-0.3, -0.25) is 9.69 Å². The molecule has 0 spiro atoms. The van der Waals surface area contributed by atoms with Crippen molar-refractivity contribution in [3.63, 3.8) is 0 Å². The first-order valence-corrected chi connectivity index (χ1v) is 8.36. The standard InChI is InChI=1S/C18H26N2O2/c1-14-5-4-7-16(11-14)19-17(21)13-20-10-9-18(22)8-3-2-6-15(18)12-20/h4-5,7,11,15,22H,2-3,6,8-10,12-13H2,1H3,(H,19,21)/t15-,18-/m0/s1. The van der Waals surface area contributed by atoms with E-state index in [1.54, 1.807) is 0 Å². The van der Waals surface area contributed by atoms with Gasteiger partial charge in [0.2, 0.25) is 5.91 Å². The van der Waals surface area contributed by atoms with E-state index in [4.69, 9.17) is 0 Å². The van der Waals surface area contributed by atoms with Crippen LogP contribution in [0.1, 0.15) is 37.7 Å². The lowest BCUT2D eigenvalue weighted by atomic mass is 9.71. The second kappa shape index (κ2) is 6.39. The highest BCUT2D eigenvalue weighted by Gasteiger charge is 2.42. The van der Waals surface area contributed by atoms with E-state index in [1.807, 2.05) is 31.2 Å². The van der Waals surface area contributed by atoms with E-state index in [1.165, 1.54) is 6.42 Å². The van der Waals surface area contributed by atoms with Gasteiger partial charge in [0.05, 0.1) is 12.1 Å². The number of rotatable bonds is 3. The normalized spacial score (nSPS) is 28.9. The van der Waals surface area contributed by atoms with Crippen molar-refractivity contribution >= 4 is 11.6 Å². The molecule has 0 radical (unpaired) electrons. The fourth-order valence-electron chi connectivity index (χ4n) is 3.91. The minimum absolute atomic E-state index is 0.0341. The average molecular weight is 302 g/mol. The monoisotopic (exact) mass is 302 g/mol. The van der Waals surface area contributed by atoms with Crippen molar-refractivity contribution in [3.05, 3.63) is 29.8 Å². The zero-order valence-corrected chi connectivity index (χ0v) is 13.3. The molecule has 4 nitrogen and oxygen atoms in total. The summed E-state index contributed by atoms with van der Waals surface area (Å²) in [4.78, 5) is 14.4. The third kappa shape index (κ3) is 3.50. The smallest absolute Gasteiger partial charge is 0.238 e. The third-order valence-electron chi connectivity index (χ3n) is 5.18. The lowest BCUT2D eigenvalue weighted by molar-refractivity contribution is -0.123. The molecule has 1 aliphatic carbocycles. The Labute approximate surface area is 132 Å². The molecule has 0 bridgehead atoms.